The molecule has 1 aliphatic heterocycles. The van der Waals surface area contributed by atoms with Gasteiger partial charge in [-0.25, -0.2) is 4.79 Å². The van der Waals surface area contributed by atoms with E-state index in [1.165, 1.54) is 18.2 Å². The molecule has 0 bridgehead atoms. The summed E-state index contributed by atoms with van der Waals surface area (Å²) >= 11 is 17.7. The second-order valence-corrected chi connectivity index (χ2v) is 10.2. The van der Waals surface area contributed by atoms with Crippen molar-refractivity contribution >= 4 is 64.6 Å². The van der Waals surface area contributed by atoms with Gasteiger partial charge in [0.15, 0.2) is 6.29 Å². The van der Waals surface area contributed by atoms with Crippen LogP contribution in [0.5, 0.6) is 0 Å². The first-order valence-corrected chi connectivity index (χ1v) is 12.4. The maximum atomic E-state index is 13.2. The molecule has 2 N–H and O–H groups in total. The highest BCUT2D eigenvalue weighted by Gasteiger charge is 2.31. The molecule has 3 aromatic rings. The molecular formula is C24H20Cl3F2N3O4S. The molecule has 7 nitrogen and oxygen atoms in total. The van der Waals surface area contributed by atoms with Crippen molar-refractivity contribution in [1.82, 2.24) is 9.88 Å². The van der Waals surface area contributed by atoms with Gasteiger partial charge in [0.2, 0.25) is 0 Å². The molecule has 2 aromatic carbocycles. The number of nitrogens with zero attached hydrogens (tertiary/aromatic N) is 1. The first-order chi connectivity index (χ1) is 17.4. The third kappa shape index (κ3) is 7.45. The summed E-state index contributed by atoms with van der Waals surface area (Å²) in [7, 11) is 3.43. The number of methoxy groups -OCH3 is 1. The maximum absolute atomic E-state index is 13.2. The summed E-state index contributed by atoms with van der Waals surface area (Å²) in [4.78, 5) is 38.2. The van der Waals surface area contributed by atoms with Crippen molar-refractivity contribution < 1.29 is 23.1 Å². The van der Waals surface area contributed by atoms with Gasteiger partial charge in [0.25, 0.3) is 5.56 Å². The number of aromatic nitrogens is 1. The van der Waals surface area contributed by atoms with Gasteiger partial charge in [0.1, 0.15) is 5.69 Å². The summed E-state index contributed by atoms with van der Waals surface area (Å²) in [6.07, 6.45) is -0.163. The first-order valence-electron chi connectivity index (χ1n) is 10.5. The van der Waals surface area contributed by atoms with Crippen molar-refractivity contribution in [3.8, 4) is 0 Å². The number of fused-ring (bicyclic) bond motifs is 1. The summed E-state index contributed by atoms with van der Waals surface area (Å²) in [5.41, 5.74) is 1.27. The Morgan fingerprint density at radius 2 is 1.81 bits per heavy atom. The minimum atomic E-state index is -3.78. The number of halogens is 5. The van der Waals surface area contributed by atoms with E-state index < -0.39 is 22.7 Å². The van der Waals surface area contributed by atoms with Gasteiger partial charge >= 0.3 is 11.5 Å². The van der Waals surface area contributed by atoms with Crippen molar-refractivity contribution in [2.24, 2.45) is 0 Å². The van der Waals surface area contributed by atoms with Gasteiger partial charge in [-0.3, -0.25) is 19.8 Å². The van der Waals surface area contributed by atoms with Crippen LogP contribution in [-0.2, 0) is 23.2 Å². The summed E-state index contributed by atoms with van der Waals surface area (Å²) in [5, 5.41) is -0.605. The lowest BCUT2D eigenvalue weighted by Gasteiger charge is -2.12. The minimum Gasteiger partial charge on any atom is -0.453 e. The Morgan fingerprint density at radius 1 is 1.16 bits per heavy atom. The van der Waals surface area contributed by atoms with Gasteiger partial charge in [-0.2, -0.15) is 8.78 Å². The van der Waals surface area contributed by atoms with Crippen LogP contribution in [0.4, 0.5) is 19.3 Å². The highest BCUT2D eigenvalue weighted by atomic mass is 35.5. The number of aldehydes is 1. The van der Waals surface area contributed by atoms with Gasteiger partial charge in [0.05, 0.1) is 22.7 Å². The molecule has 0 atom stereocenters. The normalized spacial score (nSPS) is 12.8. The Balaban J connectivity index is 0.000000220. The molecule has 0 unspecified atom stereocenters. The number of carbonyl (C=O) groups excluding carboxylic acids is 2. The lowest BCUT2D eigenvalue weighted by atomic mass is 10.1. The lowest BCUT2D eigenvalue weighted by molar-refractivity contribution is 0.0891. The van der Waals surface area contributed by atoms with Crippen molar-refractivity contribution in [1.29, 1.82) is 0 Å². The third-order valence-electron chi connectivity index (χ3n) is 5.11. The molecule has 13 heteroatoms. The minimum absolute atomic E-state index is 0.0240. The molecule has 1 amide bonds. The molecular weight excluding hydrogens is 571 g/mol. The fourth-order valence-electron chi connectivity index (χ4n) is 3.40. The van der Waals surface area contributed by atoms with E-state index in [0.717, 1.165) is 36.6 Å². The molecule has 0 saturated heterocycles. The molecule has 4 rings (SSSR count). The van der Waals surface area contributed by atoms with E-state index in [1.807, 2.05) is 23.2 Å². The number of benzene rings is 2. The van der Waals surface area contributed by atoms with E-state index in [-0.39, 0.29) is 26.8 Å². The zero-order chi connectivity index (χ0) is 27.3. The van der Waals surface area contributed by atoms with Crippen LogP contribution in [0.15, 0.2) is 57.1 Å². The highest BCUT2D eigenvalue weighted by molar-refractivity contribution is 7.99. The molecule has 1 aliphatic rings. The fourth-order valence-corrected chi connectivity index (χ4v) is 5.11. The topological polar surface area (TPSA) is 91.5 Å². The predicted molar refractivity (Wildman–Crippen MR) is 140 cm³/mol. The largest absolute Gasteiger partial charge is 0.453 e. The molecule has 2 heterocycles. The van der Waals surface area contributed by atoms with Gasteiger partial charge < -0.3 is 9.72 Å². The molecule has 1 aromatic heterocycles. The third-order valence-corrected chi connectivity index (χ3v) is 7.37. The Labute approximate surface area is 230 Å². The maximum Gasteiger partial charge on any atom is 0.411 e. The second kappa shape index (κ2) is 12.3. The van der Waals surface area contributed by atoms with E-state index in [4.69, 9.17) is 34.8 Å². The number of rotatable bonds is 5. The number of hydrogen-bond acceptors (Lipinski definition) is 6. The molecule has 0 fully saturated rings. The number of ether oxygens (including phenoxy) is 1. The van der Waals surface area contributed by atoms with Crippen molar-refractivity contribution in [2.45, 2.75) is 28.3 Å². The van der Waals surface area contributed by atoms with Crippen LogP contribution in [0.1, 0.15) is 27.2 Å². The van der Waals surface area contributed by atoms with Crippen LogP contribution in [0.3, 0.4) is 0 Å². The van der Waals surface area contributed by atoms with E-state index in [0.29, 0.717) is 4.90 Å². The Hall–Kier alpha value is -2.63. The van der Waals surface area contributed by atoms with Crippen molar-refractivity contribution in [3.05, 3.63) is 85.2 Å². The number of anilines is 1. The standard InChI is InChI=1S/C13H6Cl3F2NO2S.C11H14N2O2/c14-7-2-1-3-8(15)11(7)22-9-4-10(13(16,17)18)19-12(21)6(9)5-20;1-13-6-8-3-4-10(5-9(8)7-13)12-11(14)15-2/h1-5H,(H,19,21);3-5H,6-7H2,1-2H3,(H,12,14). The second-order valence-electron chi connectivity index (χ2n) is 7.83. The van der Waals surface area contributed by atoms with Gasteiger partial charge in [-0.05, 0) is 60.1 Å². The average Bonchev–Trinajstić information content (AvgIpc) is 3.20. The number of carbonyl (C=O) groups is 2. The molecule has 196 valence electrons. The van der Waals surface area contributed by atoms with E-state index in [2.05, 4.69) is 22.0 Å². The summed E-state index contributed by atoms with van der Waals surface area (Å²) in [6.45, 7) is 1.92. The van der Waals surface area contributed by atoms with Gasteiger partial charge in [0, 0.05) is 28.6 Å². The molecule has 0 saturated carbocycles. The van der Waals surface area contributed by atoms with E-state index in [1.54, 1.807) is 18.2 Å². The van der Waals surface area contributed by atoms with Crippen LogP contribution in [0.2, 0.25) is 10.0 Å². The molecule has 0 aliphatic carbocycles. The first kappa shape index (κ1) is 28.9. The van der Waals surface area contributed by atoms with Crippen molar-refractivity contribution in [3.63, 3.8) is 0 Å². The van der Waals surface area contributed by atoms with E-state index >= 15 is 0 Å². The Kier molecular flexibility index (Phi) is 9.60. The highest BCUT2D eigenvalue weighted by Crippen LogP contribution is 2.40. The lowest BCUT2D eigenvalue weighted by Crippen LogP contribution is -2.20. The Morgan fingerprint density at radius 3 is 2.41 bits per heavy atom. The zero-order valence-electron chi connectivity index (χ0n) is 19.4. The predicted octanol–water partition coefficient (Wildman–Crippen LogP) is 6.74. The number of amides is 1. The van der Waals surface area contributed by atoms with Gasteiger partial charge in [-0.15, -0.1) is 0 Å². The van der Waals surface area contributed by atoms with Crippen LogP contribution in [0, 0.1) is 0 Å². The number of hydrogen-bond donors (Lipinski definition) is 2. The quantitative estimate of drug-likeness (QED) is 0.253. The smallest absolute Gasteiger partial charge is 0.411 e. The number of alkyl halides is 3. The molecule has 37 heavy (non-hydrogen) atoms. The van der Waals surface area contributed by atoms with Crippen LogP contribution in [0.25, 0.3) is 0 Å². The summed E-state index contributed by atoms with van der Waals surface area (Å²) in [6, 6.07) is 11.5. The number of aromatic amines is 1. The van der Waals surface area contributed by atoms with E-state index in [9.17, 15) is 23.2 Å². The fraction of sp³-hybridized carbons (Fsp3) is 0.208. The monoisotopic (exact) mass is 589 g/mol. The zero-order valence-corrected chi connectivity index (χ0v) is 22.5. The van der Waals surface area contributed by atoms with Crippen LogP contribution >= 0.6 is 46.6 Å². The number of H-pyrrole nitrogens is 1. The van der Waals surface area contributed by atoms with Gasteiger partial charge in [-0.1, -0.05) is 47.1 Å². The molecule has 0 radical (unpaired) electrons. The number of nitrogens with one attached hydrogen (secondary N) is 2. The SMILES string of the molecule is COC(=O)Nc1ccc2c(c1)CN(C)C2.O=Cc1c(Sc2c(Cl)cccc2Cl)cc(C(F)(F)Cl)[nH]c1=O. The number of pyridine rings is 1. The average molecular weight is 591 g/mol. The summed E-state index contributed by atoms with van der Waals surface area (Å²) in [5.74, 6) is 0. The van der Waals surface area contributed by atoms with Crippen LogP contribution < -0.4 is 10.9 Å². The Bertz CT molecular complexity index is 1360. The molecule has 0 spiro atoms. The van der Waals surface area contributed by atoms with Crippen LogP contribution in [-0.4, -0.2) is 36.4 Å². The van der Waals surface area contributed by atoms with Crippen molar-refractivity contribution in [2.75, 3.05) is 19.5 Å². The summed E-state index contributed by atoms with van der Waals surface area (Å²) < 4.78 is 30.9.